The van der Waals surface area contributed by atoms with E-state index >= 15 is 0 Å². The summed E-state index contributed by atoms with van der Waals surface area (Å²) in [7, 11) is 1.53. The van der Waals surface area contributed by atoms with Crippen LogP contribution >= 0.6 is 0 Å². The maximum absolute atomic E-state index is 13.1. The molecule has 3 aliphatic rings. The van der Waals surface area contributed by atoms with Crippen LogP contribution in [0.5, 0.6) is 5.75 Å². The molecule has 3 N–H and O–H groups in total. The van der Waals surface area contributed by atoms with Crippen molar-refractivity contribution < 1.29 is 23.5 Å². The molecule has 3 aliphatic heterocycles. The Labute approximate surface area is 193 Å². The van der Waals surface area contributed by atoms with E-state index in [4.69, 9.17) is 9.15 Å². The molecule has 0 saturated carbocycles. The fourth-order valence-electron chi connectivity index (χ4n) is 4.58. The maximum Gasteiger partial charge on any atom is 0.322 e. The average molecular weight is 460 g/mol. The molecule has 11 heteroatoms. The summed E-state index contributed by atoms with van der Waals surface area (Å²) >= 11 is 0. The zero-order valence-electron chi connectivity index (χ0n) is 18.2. The van der Waals surface area contributed by atoms with Gasteiger partial charge in [0.05, 0.1) is 20.2 Å². The topological polar surface area (TPSA) is 138 Å². The molecular weight excluding hydrogens is 440 g/mol. The van der Waals surface area contributed by atoms with Crippen molar-refractivity contribution in [3.05, 3.63) is 59.0 Å². The Hall–Kier alpha value is -4.41. The molecule has 172 valence electrons. The zero-order chi connectivity index (χ0) is 23.4. The second kappa shape index (κ2) is 7.30. The Kier molecular flexibility index (Phi) is 4.34. The summed E-state index contributed by atoms with van der Waals surface area (Å²) in [6, 6.07) is 8.01. The highest BCUT2D eigenvalue weighted by Crippen LogP contribution is 2.34. The number of amidine groups is 1. The van der Waals surface area contributed by atoms with E-state index in [1.165, 1.54) is 12.0 Å². The Bertz CT molecular complexity index is 1410. The van der Waals surface area contributed by atoms with Gasteiger partial charge in [-0.3, -0.25) is 24.9 Å². The molecule has 2 aromatic heterocycles. The molecule has 11 nitrogen and oxygen atoms in total. The molecule has 0 aliphatic carbocycles. The molecule has 34 heavy (non-hydrogen) atoms. The van der Waals surface area contributed by atoms with Crippen molar-refractivity contribution >= 4 is 34.8 Å². The standard InChI is InChI=1S/C23H20N6O5/c1-33-14-3-2-12-10-29(20(30)15(12)7-14)11-23(21(31)27-22(32)28-23)18-8-16-17(34-18)6-13(9-26-16)19-24-4-5-25-19/h2-3,6-9H,4-5,10-11H2,1H3,(H,24,25)(H2,27,28,31,32). The first-order valence-corrected chi connectivity index (χ1v) is 10.8. The highest BCUT2D eigenvalue weighted by Gasteiger charge is 2.53. The number of aromatic nitrogens is 1. The number of nitrogens with zero attached hydrogens (tertiary/aromatic N) is 3. The van der Waals surface area contributed by atoms with E-state index < -0.39 is 17.5 Å². The van der Waals surface area contributed by atoms with Crippen LogP contribution in [0.1, 0.15) is 27.2 Å². The van der Waals surface area contributed by atoms with Gasteiger partial charge < -0.3 is 24.7 Å². The van der Waals surface area contributed by atoms with E-state index in [9.17, 15) is 14.4 Å². The number of pyridine rings is 1. The Morgan fingerprint density at radius 1 is 1.21 bits per heavy atom. The van der Waals surface area contributed by atoms with E-state index in [0.29, 0.717) is 29.0 Å². The summed E-state index contributed by atoms with van der Waals surface area (Å²) in [5, 5.41) is 8.15. The molecule has 5 heterocycles. The minimum atomic E-state index is -1.59. The molecule has 1 unspecified atom stereocenters. The summed E-state index contributed by atoms with van der Waals surface area (Å²) in [6.07, 6.45) is 1.67. The normalized spacial score (nSPS) is 21.4. The number of carbonyl (C=O) groups is 3. The molecule has 4 amide bonds. The minimum absolute atomic E-state index is 0.110. The van der Waals surface area contributed by atoms with Crippen LogP contribution in [-0.4, -0.2) is 60.3 Å². The predicted molar refractivity (Wildman–Crippen MR) is 120 cm³/mol. The Morgan fingerprint density at radius 3 is 2.82 bits per heavy atom. The van der Waals surface area contributed by atoms with Crippen LogP contribution in [0, 0.1) is 0 Å². The van der Waals surface area contributed by atoms with Crippen molar-refractivity contribution in [3.63, 3.8) is 0 Å². The molecule has 0 spiro atoms. The van der Waals surface area contributed by atoms with Crippen molar-refractivity contribution in [2.24, 2.45) is 4.99 Å². The number of ether oxygens (including phenoxy) is 1. The number of carbonyl (C=O) groups excluding carboxylic acids is 3. The van der Waals surface area contributed by atoms with Gasteiger partial charge in [-0.2, -0.15) is 0 Å². The van der Waals surface area contributed by atoms with Gasteiger partial charge in [0, 0.05) is 36.5 Å². The third-order valence-corrected chi connectivity index (χ3v) is 6.30. The third-order valence-electron chi connectivity index (χ3n) is 6.30. The molecule has 1 aromatic carbocycles. The first kappa shape index (κ1) is 20.2. The molecule has 6 rings (SSSR count). The van der Waals surface area contributed by atoms with E-state index in [-0.39, 0.29) is 24.8 Å². The predicted octanol–water partition coefficient (Wildman–Crippen LogP) is 0.877. The largest absolute Gasteiger partial charge is 0.497 e. The van der Waals surface area contributed by atoms with E-state index in [2.05, 4.69) is 25.9 Å². The highest BCUT2D eigenvalue weighted by atomic mass is 16.5. The number of hydrogen-bond donors (Lipinski definition) is 3. The number of urea groups is 1. The Balaban J connectivity index is 1.38. The monoisotopic (exact) mass is 460 g/mol. The first-order valence-electron chi connectivity index (χ1n) is 10.8. The smallest absolute Gasteiger partial charge is 0.322 e. The molecule has 1 fully saturated rings. The molecule has 0 radical (unpaired) electrons. The SMILES string of the molecule is COc1ccc2c(c1)C(=O)N(CC1(c3cc4ncc(C5=NCCN5)cc4o3)NC(=O)NC1=O)C2. The van der Waals surface area contributed by atoms with E-state index in [0.717, 1.165) is 23.5 Å². The summed E-state index contributed by atoms with van der Waals surface area (Å²) in [4.78, 5) is 48.7. The number of furan rings is 1. The van der Waals surface area contributed by atoms with Crippen molar-refractivity contribution in [2.45, 2.75) is 12.1 Å². The van der Waals surface area contributed by atoms with Crippen molar-refractivity contribution in [1.29, 1.82) is 0 Å². The second-order valence-corrected chi connectivity index (χ2v) is 8.37. The van der Waals surface area contributed by atoms with Crippen LogP contribution in [0.25, 0.3) is 11.1 Å². The molecular formula is C23H20N6O5. The summed E-state index contributed by atoms with van der Waals surface area (Å²) in [5.74, 6) is 0.628. The van der Waals surface area contributed by atoms with Gasteiger partial charge in [-0.05, 0) is 23.8 Å². The molecule has 3 aromatic rings. The number of hydrogen-bond acceptors (Lipinski definition) is 8. The fourth-order valence-corrected chi connectivity index (χ4v) is 4.58. The number of rotatable bonds is 5. The number of imide groups is 1. The number of methoxy groups -OCH3 is 1. The average Bonchev–Trinajstić information content (AvgIpc) is 3.61. The molecule has 1 saturated heterocycles. The fraction of sp³-hybridized carbons (Fsp3) is 0.261. The summed E-state index contributed by atoms with van der Waals surface area (Å²) in [6.45, 7) is 1.62. The lowest BCUT2D eigenvalue weighted by molar-refractivity contribution is -0.125. The van der Waals surface area contributed by atoms with Gasteiger partial charge in [-0.1, -0.05) is 6.07 Å². The lowest BCUT2D eigenvalue weighted by atomic mass is 9.95. The Morgan fingerprint density at radius 2 is 2.09 bits per heavy atom. The van der Waals surface area contributed by atoms with Gasteiger partial charge in [0.25, 0.3) is 11.8 Å². The number of benzene rings is 1. The number of nitrogens with one attached hydrogen (secondary N) is 3. The highest BCUT2D eigenvalue weighted by molar-refractivity contribution is 6.08. The minimum Gasteiger partial charge on any atom is -0.497 e. The summed E-state index contributed by atoms with van der Waals surface area (Å²) in [5.41, 5.74) is 1.44. The molecule has 0 bridgehead atoms. The second-order valence-electron chi connectivity index (χ2n) is 8.37. The van der Waals surface area contributed by atoms with Crippen LogP contribution < -0.4 is 20.7 Å². The van der Waals surface area contributed by atoms with Gasteiger partial charge in [0.2, 0.25) is 0 Å². The van der Waals surface area contributed by atoms with Gasteiger partial charge in [0.15, 0.2) is 11.1 Å². The van der Waals surface area contributed by atoms with Gasteiger partial charge in [0.1, 0.15) is 22.9 Å². The van der Waals surface area contributed by atoms with Gasteiger partial charge >= 0.3 is 6.03 Å². The third kappa shape index (κ3) is 3.00. The van der Waals surface area contributed by atoms with Crippen LogP contribution in [0.4, 0.5) is 4.79 Å². The lowest BCUT2D eigenvalue weighted by Crippen LogP contribution is -2.52. The van der Waals surface area contributed by atoms with Gasteiger partial charge in [-0.15, -0.1) is 0 Å². The lowest BCUT2D eigenvalue weighted by Gasteiger charge is -2.28. The first-order chi connectivity index (χ1) is 16.5. The number of fused-ring (bicyclic) bond motifs is 2. The zero-order valence-corrected chi connectivity index (χ0v) is 18.2. The van der Waals surface area contributed by atoms with E-state index in [1.54, 1.807) is 30.5 Å². The molecule has 1 atom stereocenters. The quantitative estimate of drug-likeness (QED) is 0.481. The van der Waals surface area contributed by atoms with Crippen molar-refractivity contribution in [2.75, 3.05) is 26.7 Å². The van der Waals surface area contributed by atoms with Crippen LogP contribution in [0.15, 0.2) is 45.9 Å². The number of amides is 4. The van der Waals surface area contributed by atoms with Crippen molar-refractivity contribution in [1.82, 2.24) is 25.8 Å². The maximum atomic E-state index is 13.1. The summed E-state index contributed by atoms with van der Waals surface area (Å²) < 4.78 is 11.3. The van der Waals surface area contributed by atoms with Crippen LogP contribution in [-0.2, 0) is 16.9 Å². The van der Waals surface area contributed by atoms with Crippen molar-refractivity contribution in [3.8, 4) is 5.75 Å². The van der Waals surface area contributed by atoms with Gasteiger partial charge in [-0.25, -0.2) is 4.79 Å². The van der Waals surface area contributed by atoms with E-state index in [1.807, 2.05) is 6.07 Å². The number of aliphatic imine (C=N–C) groups is 1. The van der Waals surface area contributed by atoms with Crippen LogP contribution in [0.2, 0.25) is 0 Å². The van der Waals surface area contributed by atoms with Crippen LogP contribution in [0.3, 0.4) is 0 Å².